The van der Waals surface area contributed by atoms with Crippen LogP contribution in [0.15, 0.2) is 48.5 Å². The van der Waals surface area contributed by atoms with Crippen molar-refractivity contribution in [3.63, 3.8) is 0 Å². The number of carbonyl (C=O) groups excluding carboxylic acids is 2. The smallest absolute Gasteiger partial charge is 0.267 e. The molecule has 5 heteroatoms. The second-order valence-electron chi connectivity index (χ2n) is 5.19. The van der Waals surface area contributed by atoms with Gasteiger partial charge in [0.1, 0.15) is 5.82 Å². The second kappa shape index (κ2) is 8.08. The average Bonchev–Trinajstić information content (AvgIpc) is 2.58. The quantitative estimate of drug-likeness (QED) is 0.832. The summed E-state index contributed by atoms with van der Waals surface area (Å²) in [6.45, 7) is 2.13. The first-order valence-electron chi connectivity index (χ1n) is 7.56. The van der Waals surface area contributed by atoms with Crippen LogP contribution in [0.4, 0.5) is 4.39 Å². The molecule has 2 rings (SSSR count). The molecule has 0 atom stereocenters. The molecule has 0 heterocycles. The molecule has 120 valence electrons. The molecule has 2 amide bonds. The molecule has 0 spiro atoms. The van der Waals surface area contributed by atoms with Crippen molar-refractivity contribution in [3.05, 3.63) is 71.0 Å². The van der Waals surface area contributed by atoms with Crippen LogP contribution in [0.5, 0.6) is 0 Å². The van der Waals surface area contributed by atoms with E-state index in [0.29, 0.717) is 5.56 Å². The van der Waals surface area contributed by atoms with E-state index in [1.807, 2.05) is 12.1 Å². The summed E-state index contributed by atoms with van der Waals surface area (Å²) in [6.07, 6.45) is 3.19. The fourth-order valence-electron chi connectivity index (χ4n) is 2.10. The molecule has 4 nitrogen and oxygen atoms in total. The Labute approximate surface area is 134 Å². The molecule has 0 aliphatic rings. The van der Waals surface area contributed by atoms with Gasteiger partial charge in [-0.05, 0) is 42.7 Å². The largest absolute Gasteiger partial charge is 0.272 e. The van der Waals surface area contributed by atoms with Crippen molar-refractivity contribution in [2.24, 2.45) is 0 Å². The minimum Gasteiger partial charge on any atom is -0.267 e. The number of rotatable bonds is 5. The molecule has 0 saturated heterocycles. The molecule has 0 unspecified atom stereocenters. The van der Waals surface area contributed by atoms with Gasteiger partial charge in [0.05, 0.1) is 5.56 Å². The van der Waals surface area contributed by atoms with Gasteiger partial charge in [0.25, 0.3) is 11.8 Å². The molecule has 0 bridgehead atoms. The Morgan fingerprint density at radius 1 is 0.957 bits per heavy atom. The van der Waals surface area contributed by atoms with Gasteiger partial charge < -0.3 is 0 Å². The Kier molecular flexibility index (Phi) is 5.86. The predicted octanol–water partition coefficient (Wildman–Crippen LogP) is 3.24. The highest BCUT2D eigenvalue weighted by molar-refractivity contribution is 5.99. The molecule has 0 aromatic heterocycles. The molecular formula is C18H19FN2O2. The Morgan fingerprint density at radius 3 is 2.26 bits per heavy atom. The fraction of sp³-hybridized carbons (Fsp3) is 0.222. The Morgan fingerprint density at radius 2 is 1.61 bits per heavy atom. The van der Waals surface area contributed by atoms with Crippen LogP contribution in [0.25, 0.3) is 0 Å². The molecule has 2 N–H and O–H groups in total. The minimum absolute atomic E-state index is 0.122. The zero-order chi connectivity index (χ0) is 16.7. The standard InChI is InChI=1S/C18H19FN2O2/c1-2-3-6-13-9-11-14(12-10-13)17(22)20-21-18(23)15-7-4-5-8-16(15)19/h4-5,7-12H,2-3,6H2,1H3,(H,20,22)(H,21,23). The fourth-order valence-corrected chi connectivity index (χ4v) is 2.10. The number of hydrazine groups is 1. The molecule has 0 radical (unpaired) electrons. The van der Waals surface area contributed by atoms with Crippen LogP contribution in [-0.4, -0.2) is 11.8 Å². The van der Waals surface area contributed by atoms with Crippen molar-refractivity contribution in [1.82, 2.24) is 10.9 Å². The zero-order valence-electron chi connectivity index (χ0n) is 12.9. The van der Waals surface area contributed by atoms with E-state index in [0.717, 1.165) is 19.3 Å². The molecule has 2 aromatic carbocycles. The lowest BCUT2D eigenvalue weighted by Gasteiger charge is -2.08. The first-order chi connectivity index (χ1) is 11.1. The molecule has 23 heavy (non-hydrogen) atoms. The Balaban J connectivity index is 1.92. The zero-order valence-corrected chi connectivity index (χ0v) is 12.9. The number of nitrogens with one attached hydrogen (secondary N) is 2. The van der Waals surface area contributed by atoms with Gasteiger partial charge in [-0.3, -0.25) is 20.4 Å². The summed E-state index contributed by atoms with van der Waals surface area (Å²) in [5.74, 6) is -1.78. The summed E-state index contributed by atoms with van der Waals surface area (Å²) in [5.41, 5.74) is 5.96. The normalized spacial score (nSPS) is 10.2. The monoisotopic (exact) mass is 314 g/mol. The highest BCUT2D eigenvalue weighted by Gasteiger charge is 2.12. The second-order valence-corrected chi connectivity index (χ2v) is 5.19. The molecule has 2 aromatic rings. The summed E-state index contributed by atoms with van der Waals surface area (Å²) >= 11 is 0. The van der Waals surface area contributed by atoms with Crippen molar-refractivity contribution in [3.8, 4) is 0 Å². The van der Waals surface area contributed by atoms with Gasteiger partial charge in [-0.15, -0.1) is 0 Å². The van der Waals surface area contributed by atoms with Gasteiger partial charge in [-0.25, -0.2) is 4.39 Å². The minimum atomic E-state index is -0.698. The van der Waals surface area contributed by atoms with E-state index in [1.165, 1.54) is 23.8 Å². The first-order valence-corrected chi connectivity index (χ1v) is 7.56. The number of benzene rings is 2. The lowest BCUT2D eigenvalue weighted by atomic mass is 10.1. The van der Waals surface area contributed by atoms with Gasteiger partial charge in [0.2, 0.25) is 0 Å². The van der Waals surface area contributed by atoms with E-state index >= 15 is 0 Å². The van der Waals surface area contributed by atoms with Crippen LogP contribution in [0, 0.1) is 5.82 Å². The van der Waals surface area contributed by atoms with Crippen LogP contribution in [0.2, 0.25) is 0 Å². The van der Waals surface area contributed by atoms with Crippen molar-refractivity contribution in [2.75, 3.05) is 0 Å². The Hall–Kier alpha value is -2.69. The molecule has 0 fully saturated rings. The maximum absolute atomic E-state index is 13.5. The number of hydrogen-bond donors (Lipinski definition) is 2. The average molecular weight is 314 g/mol. The number of halogens is 1. The number of hydrogen-bond acceptors (Lipinski definition) is 2. The number of amides is 2. The SMILES string of the molecule is CCCCc1ccc(C(=O)NNC(=O)c2ccccc2F)cc1. The van der Waals surface area contributed by atoms with E-state index in [9.17, 15) is 14.0 Å². The van der Waals surface area contributed by atoms with Gasteiger partial charge >= 0.3 is 0 Å². The number of unbranched alkanes of at least 4 members (excludes halogenated alkanes) is 1. The predicted molar refractivity (Wildman–Crippen MR) is 86.4 cm³/mol. The van der Waals surface area contributed by atoms with Crippen LogP contribution >= 0.6 is 0 Å². The lowest BCUT2D eigenvalue weighted by Crippen LogP contribution is -2.41. The summed E-state index contributed by atoms with van der Waals surface area (Å²) in [7, 11) is 0. The number of aryl methyl sites for hydroxylation is 1. The summed E-state index contributed by atoms with van der Waals surface area (Å²) in [5, 5.41) is 0. The molecule has 0 aliphatic carbocycles. The lowest BCUT2D eigenvalue weighted by molar-refractivity contribution is 0.0844. The van der Waals surface area contributed by atoms with Crippen molar-refractivity contribution in [2.45, 2.75) is 26.2 Å². The van der Waals surface area contributed by atoms with Crippen LogP contribution in [0.1, 0.15) is 46.0 Å². The van der Waals surface area contributed by atoms with Crippen LogP contribution in [-0.2, 0) is 6.42 Å². The highest BCUT2D eigenvalue weighted by Crippen LogP contribution is 2.08. The highest BCUT2D eigenvalue weighted by atomic mass is 19.1. The topological polar surface area (TPSA) is 58.2 Å². The summed E-state index contributed by atoms with van der Waals surface area (Å²) < 4.78 is 13.5. The van der Waals surface area contributed by atoms with E-state index in [2.05, 4.69) is 17.8 Å². The van der Waals surface area contributed by atoms with Crippen molar-refractivity contribution in [1.29, 1.82) is 0 Å². The van der Waals surface area contributed by atoms with Crippen molar-refractivity contribution >= 4 is 11.8 Å². The first kappa shape index (κ1) is 16.7. The van der Waals surface area contributed by atoms with E-state index in [1.54, 1.807) is 18.2 Å². The van der Waals surface area contributed by atoms with E-state index in [-0.39, 0.29) is 5.56 Å². The third kappa shape index (κ3) is 4.64. The van der Waals surface area contributed by atoms with Gasteiger partial charge in [0.15, 0.2) is 0 Å². The van der Waals surface area contributed by atoms with Crippen molar-refractivity contribution < 1.29 is 14.0 Å². The third-order valence-corrected chi connectivity index (χ3v) is 3.44. The maximum atomic E-state index is 13.5. The van der Waals surface area contributed by atoms with Crippen LogP contribution < -0.4 is 10.9 Å². The molecule has 0 aliphatic heterocycles. The van der Waals surface area contributed by atoms with Gasteiger partial charge in [-0.2, -0.15) is 0 Å². The Bertz CT molecular complexity index is 684. The van der Waals surface area contributed by atoms with Gasteiger partial charge in [-0.1, -0.05) is 37.6 Å². The van der Waals surface area contributed by atoms with E-state index < -0.39 is 17.6 Å². The summed E-state index contributed by atoms with van der Waals surface area (Å²) in [4.78, 5) is 23.8. The van der Waals surface area contributed by atoms with Gasteiger partial charge in [0, 0.05) is 5.56 Å². The summed E-state index contributed by atoms with van der Waals surface area (Å²) in [6, 6.07) is 12.8. The number of carbonyl (C=O) groups is 2. The van der Waals surface area contributed by atoms with Crippen LogP contribution in [0.3, 0.4) is 0 Å². The molecule has 0 saturated carbocycles. The molecular weight excluding hydrogens is 295 g/mol. The van der Waals surface area contributed by atoms with E-state index in [4.69, 9.17) is 0 Å². The maximum Gasteiger partial charge on any atom is 0.272 e. The third-order valence-electron chi connectivity index (χ3n) is 3.44.